The van der Waals surface area contributed by atoms with E-state index >= 15 is 0 Å². The second-order valence-corrected chi connectivity index (χ2v) is 4.24. The van der Waals surface area contributed by atoms with Crippen LogP contribution in [0.2, 0.25) is 0 Å². The molecule has 0 unspecified atom stereocenters. The van der Waals surface area contributed by atoms with Crippen molar-refractivity contribution < 1.29 is 4.74 Å². The number of hydrogen-bond donors (Lipinski definition) is 1. The highest BCUT2D eigenvalue weighted by Crippen LogP contribution is 2.10. The van der Waals surface area contributed by atoms with Gasteiger partial charge in [-0.3, -0.25) is 0 Å². The molecule has 1 N–H and O–H groups in total. The maximum Gasteiger partial charge on any atom is 0.202 e. The van der Waals surface area contributed by atoms with Crippen LogP contribution in [0.3, 0.4) is 0 Å². The van der Waals surface area contributed by atoms with Gasteiger partial charge in [0.25, 0.3) is 0 Å². The highest BCUT2D eigenvalue weighted by atomic mass is 32.1. The van der Waals surface area contributed by atoms with Crippen molar-refractivity contribution in [2.75, 3.05) is 46.2 Å². The van der Waals surface area contributed by atoms with Crippen molar-refractivity contribution in [1.29, 1.82) is 0 Å². The fraction of sp³-hybridized carbons (Fsp3) is 0.778. The van der Waals surface area contributed by atoms with Crippen molar-refractivity contribution in [3.63, 3.8) is 0 Å². The van der Waals surface area contributed by atoms with Crippen molar-refractivity contribution in [2.24, 2.45) is 0 Å². The van der Waals surface area contributed by atoms with Gasteiger partial charge in [-0.15, -0.1) is 0 Å². The molecule has 0 aliphatic heterocycles. The van der Waals surface area contributed by atoms with Crippen molar-refractivity contribution in [2.45, 2.75) is 6.42 Å². The number of methoxy groups -OCH3 is 1. The Kier molecular flexibility index (Phi) is 5.52. The lowest BCUT2D eigenvalue weighted by atomic mass is 10.4. The number of hydrogen-bond acceptors (Lipinski definition) is 6. The molecule has 0 saturated carbocycles. The summed E-state index contributed by atoms with van der Waals surface area (Å²) < 4.78 is 9.19. The Bertz CT molecular complexity index is 277. The molecule has 6 heteroatoms. The predicted octanol–water partition coefficient (Wildman–Crippen LogP) is 0.700. The summed E-state index contributed by atoms with van der Waals surface area (Å²) in [7, 11) is 5.78. The fourth-order valence-corrected chi connectivity index (χ4v) is 1.64. The number of nitrogens with zero attached hydrogens (tertiary/aromatic N) is 3. The molecule has 1 rings (SSSR count). The zero-order valence-electron chi connectivity index (χ0n) is 9.49. The molecule has 5 nitrogen and oxygen atoms in total. The van der Waals surface area contributed by atoms with Gasteiger partial charge in [-0.2, -0.15) is 4.37 Å². The van der Waals surface area contributed by atoms with Crippen LogP contribution in [0.15, 0.2) is 0 Å². The van der Waals surface area contributed by atoms with E-state index in [1.54, 1.807) is 7.11 Å². The maximum atomic E-state index is 4.97. The molecule has 0 aliphatic carbocycles. The molecule has 0 spiro atoms. The first kappa shape index (κ1) is 12.4. The third-order valence-electron chi connectivity index (χ3n) is 1.83. The van der Waals surface area contributed by atoms with Crippen molar-refractivity contribution in [3.8, 4) is 0 Å². The fourth-order valence-electron chi connectivity index (χ4n) is 1.01. The van der Waals surface area contributed by atoms with E-state index in [1.807, 2.05) is 14.1 Å². The minimum Gasteiger partial charge on any atom is -0.384 e. The molecule has 15 heavy (non-hydrogen) atoms. The Balaban J connectivity index is 2.26. The zero-order valence-corrected chi connectivity index (χ0v) is 10.3. The first-order chi connectivity index (χ1) is 7.22. The van der Waals surface area contributed by atoms with E-state index in [0.717, 1.165) is 30.5 Å². The predicted molar refractivity (Wildman–Crippen MR) is 62.5 cm³/mol. The van der Waals surface area contributed by atoms with Gasteiger partial charge < -0.3 is 15.0 Å². The summed E-state index contributed by atoms with van der Waals surface area (Å²) in [5, 5.41) is 4.13. The van der Waals surface area contributed by atoms with E-state index in [9.17, 15) is 0 Å². The van der Waals surface area contributed by atoms with Gasteiger partial charge >= 0.3 is 0 Å². The van der Waals surface area contributed by atoms with Crippen LogP contribution in [-0.2, 0) is 11.2 Å². The molecule has 0 radical (unpaired) electrons. The molecule has 0 atom stereocenters. The van der Waals surface area contributed by atoms with Gasteiger partial charge in [-0.1, -0.05) is 0 Å². The van der Waals surface area contributed by atoms with Crippen LogP contribution < -0.4 is 5.32 Å². The summed E-state index contributed by atoms with van der Waals surface area (Å²) in [6.45, 7) is 2.56. The van der Waals surface area contributed by atoms with Crippen molar-refractivity contribution in [1.82, 2.24) is 14.3 Å². The van der Waals surface area contributed by atoms with Crippen LogP contribution in [-0.4, -0.2) is 55.2 Å². The first-order valence-electron chi connectivity index (χ1n) is 4.92. The molecular weight excluding hydrogens is 212 g/mol. The summed E-state index contributed by atoms with van der Waals surface area (Å²) in [6, 6.07) is 0. The van der Waals surface area contributed by atoms with Gasteiger partial charge in [-0.25, -0.2) is 4.98 Å². The molecule has 0 aromatic carbocycles. The van der Waals surface area contributed by atoms with Gasteiger partial charge in [-0.05, 0) is 14.1 Å². The van der Waals surface area contributed by atoms with Crippen LogP contribution in [0.4, 0.5) is 5.13 Å². The van der Waals surface area contributed by atoms with Crippen LogP contribution >= 0.6 is 11.5 Å². The van der Waals surface area contributed by atoms with E-state index in [-0.39, 0.29) is 0 Å². The number of anilines is 1. The summed E-state index contributed by atoms with van der Waals surface area (Å²) >= 11 is 1.41. The summed E-state index contributed by atoms with van der Waals surface area (Å²) in [5.74, 6) is 0.856. The standard InChI is InChI=1S/C9H18N4OS/c1-13(2)6-5-10-9-11-8(12-15-9)4-7-14-3/h4-7H2,1-3H3,(H,10,11,12). The Morgan fingerprint density at radius 3 is 2.93 bits per heavy atom. The summed E-state index contributed by atoms with van der Waals surface area (Å²) in [6.07, 6.45) is 0.780. The Morgan fingerprint density at radius 2 is 2.27 bits per heavy atom. The van der Waals surface area contributed by atoms with Crippen molar-refractivity contribution >= 4 is 16.7 Å². The molecule has 1 aromatic heterocycles. The molecule has 86 valence electrons. The number of rotatable bonds is 7. The lowest BCUT2D eigenvalue weighted by Crippen LogP contribution is -2.20. The smallest absolute Gasteiger partial charge is 0.202 e. The van der Waals surface area contributed by atoms with Crippen LogP contribution in [0.25, 0.3) is 0 Å². The van der Waals surface area contributed by atoms with E-state index in [1.165, 1.54) is 11.5 Å². The lowest BCUT2D eigenvalue weighted by molar-refractivity contribution is 0.201. The monoisotopic (exact) mass is 230 g/mol. The highest BCUT2D eigenvalue weighted by Gasteiger charge is 2.02. The first-order valence-corrected chi connectivity index (χ1v) is 5.70. The topological polar surface area (TPSA) is 50.3 Å². The number of aromatic nitrogens is 2. The largest absolute Gasteiger partial charge is 0.384 e. The minimum absolute atomic E-state index is 0.674. The maximum absolute atomic E-state index is 4.97. The Hall–Kier alpha value is -0.720. The van der Waals surface area contributed by atoms with E-state index in [4.69, 9.17) is 4.74 Å². The van der Waals surface area contributed by atoms with Crippen LogP contribution in [0.1, 0.15) is 5.82 Å². The van der Waals surface area contributed by atoms with Gasteiger partial charge in [0.05, 0.1) is 6.61 Å². The second kappa shape index (κ2) is 6.71. The molecule has 0 saturated heterocycles. The van der Waals surface area contributed by atoms with Gasteiger partial charge in [0, 0.05) is 38.2 Å². The lowest BCUT2D eigenvalue weighted by Gasteiger charge is -2.08. The molecule has 0 fully saturated rings. The third kappa shape index (κ3) is 5.06. The van der Waals surface area contributed by atoms with Gasteiger partial charge in [0.2, 0.25) is 5.13 Å². The van der Waals surface area contributed by atoms with E-state index in [2.05, 4.69) is 19.6 Å². The molecule has 1 heterocycles. The molecule has 1 aromatic rings. The van der Waals surface area contributed by atoms with Crippen LogP contribution in [0.5, 0.6) is 0 Å². The average molecular weight is 230 g/mol. The Labute approximate surface area is 94.6 Å². The zero-order chi connectivity index (χ0) is 11.1. The Morgan fingerprint density at radius 1 is 1.47 bits per heavy atom. The SMILES string of the molecule is COCCc1nsc(NCCN(C)C)n1. The number of nitrogens with one attached hydrogen (secondary N) is 1. The van der Waals surface area contributed by atoms with E-state index in [0.29, 0.717) is 6.61 Å². The molecular formula is C9H18N4OS. The minimum atomic E-state index is 0.674. The second-order valence-electron chi connectivity index (χ2n) is 3.49. The highest BCUT2D eigenvalue weighted by molar-refractivity contribution is 7.09. The average Bonchev–Trinajstić information content (AvgIpc) is 2.62. The van der Waals surface area contributed by atoms with Gasteiger partial charge in [0.15, 0.2) is 0 Å². The van der Waals surface area contributed by atoms with Gasteiger partial charge in [0.1, 0.15) is 5.82 Å². The molecule has 0 aliphatic rings. The normalized spacial score (nSPS) is 10.9. The van der Waals surface area contributed by atoms with Crippen molar-refractivity contribution in [3.05, 3.63) is 5.82 Å². The third-order valence-corrected chi connectivity index (χ3v) is 2.54. The summed E-state index contributed by atoms with van der Waals surface area (Å²) in [5.41, 5.74) is 0. The molecule has 0 amide bonds. The number of ether oxygens (including phenoxy) is 1. The quantitative estimate of drug-likeness (QED) is 0.747. The molecule has 0 bridgehead atoms. The summed E-state index contributed by atoms with van der Waals surface area (Å²) in [4.78, 5) is 6.47. The van der Waals surface area contributed by atoms with E-state index < -0.39 is 0 Å². The van der Waals surface area contributed by atoms with Crippen LogP contribution in [0, 0.1) is 0 Å². The number of likely N-dealkylation sites (N-methyl/N-ethyl adjacent to an activating group) is 1.